The molecule has 2 fully saturated rings. The van der Waals surface area contributed by atoms with E-state index in [-0.39, 0.29) is 24.4 Å². The number of rotatable bonds is 6. The van der Waals surface area contributed by atoms with E-state index in [1.165, 1.54) is 0 Å². The van der Waals surface area contributed by atoms with Crippen molar-refractivity contribution in [1.82, 2.24) is 29.9 Å². The summed E-state index contributed by atoms with van der Waals surface area (Å²) in [5.74, 6) is 0.793. The minimum Gasteiger partial charge on any atom is -0.377 e. The lowest BCUT2D eigenvalue weighted by molar-refractivity contribution is -0.123. The van der Waals surface area contributed by atoms with Crippen LogP contribution in [0.5, 0.6) is 0 Å². The van der Waals surface area contributed by atoms with Crippen molar-refractivity contribution in [3.8, 4) is 0 Å². The van der Waals surface area contributed by atoms with Crippen molar-refractivity contribution in [1.29, 1.82) is 0 Å². The van der Waals surface area contributed by atoms with Gasteiger partial charge < -0.3 is 24.4 Å². The van der Waals surface area contributed by atoms with Gasteiger partial charge in [-0.05, 0) is 19.8 Å². The molecule has 1 aromatic heterocycles. The predicted octanol–water partition coefficient (Wildman–Crippen LogP) is 0.263. The number of nitrogens with one attached hydrogen (secondary N) is 1. The van der Waals surface area contributed by atoms with Crippen LogP contribution in [0.1, 0.15) is 32.0 Å². The Morgan fingerprint density at radius 1 is 1.31 bits per heavy atom. The number of aryl methyl sites for hydroxylation is 1. The number of morpholine rings is 1. The molecule has 3 rings (SSSR count). The number of urea groups is 1. The largest absolute Gasteiger partial charge is 0.377 e. The molecule has 26 heavy (non-hydrogen) atoms. The standard InChI is InChI=1S/C17H28N6O3/c1-2-21-13-19-20-15(21)5-6-18-16(24)11-14-12-26-10-9-23(14)17(25)22-7-3-4-8-22/h13-14H,2-12H2,1H3,(H,18,24). The summed E-state index contributed by atoms with van der Waals surface area (Å²) in [6.07, 6.45) is 4.71. The number of nitrogens with zero attached hydrogens (tertiary/aromatic N) is 5. The fourth-order valence-electron chi connectivity index (χ4n) is 3.50. The van der Waals surface area contributed by atoms with Crippen LogP contribution < -0.4 is 5.32 Å². The summed E-state index contributed by atoms with van der Waals surface area (Å²) < 4.78 is 7.46. The molecule has 2 aliphatic heterocycles. The van der Waals surface area contributed by atoms with E-state index in [0.29, 0.717) is 32.7 Å². The lowest BCUT2D eigenvalue weighted by atomic mass is 10.1. The average molecular weight is 364 g/mol. The molecule has 144 valence electrons. The van der Waals surface area contributed by atoms with Gasteiger partial charge in [-0.3, -0.25) is 4.79 Å². The first-order valence-electron chi connectivity index (χ1n) is 9.45. The van der Waals surface area contributed by atoms with Gasteiger partial charge in [-0.25, -0.2) is 4.79 Å². The van der Waals surface area contributed by atoms with E-state index in [1.54, 1.807) is 6.33 Å². The molecule has 0 bridgehead atoms. The van der Waals surface area contributed by atoms with Crippen LogP contribution in [-0.4, -0.2) is 81.9 Å². The zero-order valence-corrected chi connectivity index (χ0v) is 15.4. The van der Waals surface area contributed by atoms with Crippen LogP contribution in [0.2, 0.25) is 0 Å². The maximum Gasteiger partial charge on any atom is 0.320 e. The first kappa shape index (κ1) is 18.6. The van der Waals surface area contributed by atoms with Crippen LogP contribution in [0, 0.1) is 0 Å². The Balaban J connectivity index is 1.47. The van der Waals surface area contributed by atoms with E-state index in [4.69, 9.17) is 4.74 Å². The second-order valence-corrected chi connectivity index (χ2v) is 6.74. The van der Waals surface area contributed by atoms with Gasteiger partial charge in [0.2, 0.25) is 5.91 Å². The van der Waals surface area contributed by atoms with Crippen LogP contribution in [0.15, 0.2) is 6.33 Å². The van der Waals surface area contributed by atoms with Gasteiger partial charge in [0.1, 0.15) is 12.2 Å². The molecule has 0 radical (unpaired) electrons. The highest BCUT2D eigenvalue weighted by atomic mass is 16.5. The quantitative estimate of drug-likeness (QED) is 0.782. The molecule has 1 N–H and O–H groups in total. The minimum absolute atomic E-state index is 0.0413. The lowest BCUT2D eigenvalue weighted by Crippen LogP contribution is -2.54. The molecule has 1 aromatic rings. The van der Waals surface area contributed by atoms with Gasteiger partial charge in [-0.15, -0.1) is 10.2 Å². The van der Waals surface area contributed by atoms with E-state index >= 15 is 0 Å². The molecule has 1 atom stereocenters. The third kappa shape index (κ3) is 4.51. The number of aromatic nitrogens is 3. The van der Waals surface area contributed by atoms with E-state index in [0.717, 1.165) is 38.3 Å². The minimum atomic E-state index is -0.198. The van der Waals surface area contributed by atoms with Crippen molar-refractivity contribution in [3.05, 3.63) is 12.2 Å². The summed E-state index contributed by atoms with van der Waals surface area (Å²) in [6, 6.07) is -0.157. The van der Waals surface area contributed by atoms with Crippen molar-refractivity contribution in [3.63, 3.8) is 0 Å². The topological polar surface area (TPSA) is 92.6 Å². The summed E-state index contributed by atoms with van der Waals surface area (Å²) >= 11 is 0. The predicted molar refractivity (Wildman–Crippen MR) is 94.5 cm³/mol. The van der Waals surface area contributed by atoms with Crippen LogP contribution >= 0.6 is 0 Å². The SMILES string of the molecule is CCn1cnnc1CCNC(=O)CC1COCCN1C(=O)N1CCCC1. The molecular formula is C17H28N6O3. The highest BCUT2D eigenvalue weighted by Gasteiger charge is 2.32. The van der Waals surface area contributed by atoms with Crippen molar-refractivity contribution < 1.29 is 14.3 Å². The van der Waals surface area contributed by atoms with Gasteiger partial charge in [-0.1, -0.05) is 0 Å². The molecule has 3 heterocycles. The number of hydrogen-bond acceptors (Lipinski definition) is 5. The Labute approximate surface area is 153 Å². The molecule has 0 spiro atoms. The molecule has 0 aliphatic carbocycles. The van der Waals surface area contributed by atoms with Crippen molar-refractivity contribution in [2.45, 2.75) is 45.2 Å². The van der Waals surface area contributed by atoms with E-state index in [9.17, 15) is 9.59 Å². The normalized spacial score (nSPS) is 20.4. The van der Waals surface area contributed by atoms with Crippen molar-refractivity contribution in [2.24, 2.45) is 0 Å². The number of likely N-dealkylation sites (tertiary alicyclic amines) is 1. The molecule has 2 saturated heterocycles. The lowest BCUT2D eigenvalue weighted by Gasteiger charge is -2.37. The first-order valence-corrected chi connectivity index (χ1v) is 9.45. The van der Waals surface area contributed by atoms with Crippen molar-refractivity contribution in [2.75, 3.05) is 39.4 Å². The number of carbonyl (C=O) groups excluding carboxylic acids is 2. The van der Waals surface area contributed by atoms with E-state index < -0.39 is 0 Å². The van der Waals surface area contributed by atoms with Gasteiger partial charge >= 0.3 is 6.03 Å². The summed E-state index contributed by atoms with van der Waals surface area (Å²) in [7, 11) is 0. The van der Waals surface area contributed by atoms with E-state index in [2.05, 4.69) is 15.5 Å². The Kier molecular flexibility index (Phi) is 6.43. The van der Waals surface area contributed by atoms with Crippen LogP contribution in [0.3, 0.4) is 0 Å². The van der Waals surface area contributed by atoms with Gasteiger partial charge in [0.15, 0.2) is 0 Å². The summed E-state index contributed by atoms with van der Waals surface area (Å²) in [5, 5.41) is 10.9. The maximum absolute atomic E-state index is 12.7. The molecule has 3 amide bonds. The molecule has 1 unspecified atom stereocenters. The smallest absolute Gasteiger partial charge is 0.320 e. The third-order valence-corrected chi connectivity index (χ3v) is 4.98. The zero-order chi connectivity index (χ0) is 18.4. The van der Waals surface area contributed by atoms with Gasteiger partial charge in [0.05, 0.1) is 19.3 Å². The number of ether oxygens (including phenoxy) is 1. The van der Waals surface area contributed by atoms with Gasteiger partial charge in [-0.2, -0.15) is 0 Å². The summed E-state index contributed by atoms with van der Waals surface area (Å²) in [4.78, 5) is 28.7. The average Bonchev–Trinajstić information content (AvgIpc) is 3.33. The maximum atomic E-state index is 12.7. The fraction of sp³-hybridized carbons (Fsp3) is 0.765. The number of carbonyl (C=O) groups is 2. The second-order valence-electron chi connectivity index (χ2n) is 6.74. The van der Waals surface area contributed by atoms with Crippen molar-refractivity contribution >= 4 is 11.9 Å². The van der Waals surface area contributed by atoms with Gasteiger partial charge in [0.25, 0.3) is 0 Å². The summed E-state index contributed by atoms with van der Waals surface area (Å²) in [5.41, 5.74) is 0. The molecule has 9 nitrogen and oxygen atoms in total. The monoisotopic (exact) mass is 364 g/mol. The Morgan fingerprint density at radius 3 is 2.88 bits per heavy atom. The number of hydrogen-bond donors (Lipinski definition) is 1. The molecular weight excluding hydrogens is 336 g/mol. The van der Waals surface area contributed by atoms with Crippen LogP contribution in [0.4, 0.5) is 4.79 Å². The van der Waals surface area contributed by atoms with Gasteiger partial charge in [0, 0.05) is 45.6 Å². The third-order valence-electron chi connectivity index (χ3n) is 4.98. The second kappa shape index (κ2) is 8.98. The summed E-state index contributed by atoms with van der Waals surface area (Å²) in [6.45, 7) is 6.46. The first-order chi connectivity index (χ1) is 12.7. The van der Waals surface area contributed by atoms with Crippen LogP contribution in [-0.2, 0) is 22.5 Å². The Morgan fingerprint density at radius 2 is 2.12 bits per heavy atom. The molecule has 0 aromatic carbocycles. The van der Waals surface area contributed by atoms with Crippen LogP contribution in [0.25, 0.3) is 0 Å². The molecule has 0 saturated carbocycles. The molecule has 9 heteroatoms. The fourth-order valence-corrected chi connectivity index (χ4v) is 3.50. The zero-order valence-electron chi connectivity index (χ0n) is 15.4. The number of amides is 3. The Hall–Kier alpha value is -2.16. The Bertz CT molecular complexity index is 613. The highest BCUT2D eigenvalue weighted by Crippen LogP contribution is 2.17. The highest BCUT2D eigenvalue weighted by molar-refractivity contribution is 5.79. The van der Waals surface area contributed by atoms with E-state index in [1.807, 2.05) is 21.3 Å². The molecule has 2 aliphatic rings.